The zero-order chi connectivity index (χ0) is 16.9. The fraction of sp³-hybridized carbons (Fsp3) is 0.250. The first-order valence-corrected chi connectivity index (χ1v) is 5.68. The van der Waals surface area contributed by atoms with Crippen LogP contribution in [0.1, 0.15) is 10.4 Å². The van der Waals surface area contributed by atoms with Crippen molar-refractivity contribution in [2.45, 2.75) is 0 Å². The van der Waals surface area contributed by atoms with Gasteiger partial charge in [0.2, 0.25) is 5.82 Å². The third-order valence-corrected chi connectivity index (χ3v) is 2.56. The van der Waals surface area contributed by atoms with E-state index in [1.165, 1.54) is 0 Å². The molecule has 1 aromatic carbocycles. The lowest BCUT2D eigenvalue weighted by molar-refractivity contribution is -0.387. The molecular formula is C12H9F2N3O5. The normalized spacial score (nSPS) is 9.73. The molecule has 0 fully saturated rings. The number of carbonyl (C=O) groups excluding carboxylic acids is 2. The number of hydrogen-bond acceptors (Lipinski definition) is 6. The number of esters is 1. The van der Waals surface area contributed by atoms with Gasteiger partial charge in [-0.25, -0.2) is 4.39 Å². The minimum Gasteiger partial charge on any atom is -0.468 e. The number of amides is 1. The molecule has 0 unspecified atom stereocenters. The molecule has 1 aromatic rings. The van der Waals surface area contributed by atoms with Gasteiger partial charge >= 0.3 is 11.7 Å². The maximum atomic E-state index is 13.7. The molecule has 0 heterocycles. The molecule has 10 heteroatoms. The van der Waals surface area contributed by atoms with Crippen LogP contribution in [0.4, 0.5) is 14.5 Å². The van der Waals surface area contributed by atoms with Crippen molar-refractivity contribution in [3.63, 3.8) is 0 Å². The Balaban J connectivity index is 3.19. The lowest BCUT2D eigenvalue weighted by Crippen LogP contribution is -2.37. The van der Waals surface area contributed by atoms with Gasteiger partial charge in [-0.1, -0.05) is 0 Å². The van der Waals surface area contributed by atoms with Gasteiger partial charge in [0, 0.05) is 0 Å². The van der Waals surface area contributed by atoms with E-state index >= 15 is 0 Å². The Hall–Kier alpha value is -3.09. The smallest absolute Gasteiger partial charge is 0.325 e. The zero-order valence-electron chi connectivity index (χ0n) is 11.2. The topological polar surface area (TPSA) is 114 Å². The molecule has 0 aliphatic heterocycles. The monoisotopic (exact) mass is 313 g/mol. The Bertz CT molecular complexity index is 671. The number of hydrogen-bond donors (Lipinski definition) is 0. The highest BCUT2D eigenvalue weighted by Gasteiger charge is 2.26. The molecule has 0 N–H and O–H groups in total. The van der Waals surface area contributed by atoms with Crippen LogP contribution in [0.25, 0.3) is 0 Å². The van der Waals surface area contributed by atoms with E-state index in [1.54, 1.807) is 6.07 Å². The van der Waals surface area contributed by atoms with Crippen molar-refractivity contribution in [3.8, 4) is 6.07 Å². The molecule has 0 aromatic heterocycles. The van der Waals surface area contributed by atoms with Gasteiger partial charge in [0.1, 0.15) is 18.9 Å². The molecule has 22 heavy (non-hydrogen) atoms. The highest BCUT2D eigenvalue weighted by molar-refractivity contribution is 5.96. The number of methoxy groups -OCH3 is 1. The van der Waals surface area contributed by atoms with Crippen LogP contribution in [0.5, 0.6) is 0 Å². The van der Waals surface area contributed by atoms with E-state index < -0.39 is 52.8 Å². The van der Waals surface area contributed by atoms with Gasteiger partial charge < -0.3 is 9.64 Å². The summed E-state index contributed by atoms with van der Waals surface area (Å²) < 4.78 is 31.5. The minimum absolute atomic E-state index is 0.255. The largest absolute Gasteiger partial charge is 0.468 e. The number of rotatable bonds is 5. The summed E-state index contributed by atoms with van der Waals surface area (Å²) in [6.45, 7) is -1.23. The van der Waals surface area contributed by atoms with E-state index in [2.05, 4.69) is 4.74 Å². The first kappa shape index (κ1) is 17.0. The summed E-state index contributed by atoms with van der Waals surface area (Å²) in [5.41, 5.74) is -1.96. The second kappa shape index (κ2) is 7.07. The first-order chi connectivity index (χ1) is 10.3. The average molecular weight is 313 g/mol. The van der Waals surface area contributed by atoms with Gasteiger partial charge in [-0.05, 0) is 6.07 Å². The van der Waals surface area contributed by atoms with Gasteiger partial charge in [0.25, 0.3) is 5.91 Å². The van der Waals surface area contributed by atoms with E-state index in [4.69, 9.17) is 5.26 Å². The second-order valence-electron chi connectivity index (χ2n) is 3.94. The highest BCUT2D eigenvalue weighted by Crippen LogP contribution is 2.22. The second-order valence-corrected chi connectivity index (χ2v) is 3.94. The number of nitriles is 1. The third-order valence-electron chi connectivity index (χ3n) is 2.56. The van der Waals surface area contributed by atoms with Crippen LogP contribution >= 0.6 is 0 Å². The summed E-state index contributed by atoms with van der Waals surface area (Å²) in [6.07, 6.45) is 0. The molecule has 0 aliphatic carbocycles. The SMILES string of the molecule is COC(=O)CN(CC#N)C(=O)c1cc(F)c([N+](=O)[O-])cc1F. The van der Waals surface area contributed by atoms with Crippen LogP contribution in [0.2, 0.25) is 0 Å². The van der Waals surface area contributed by atoms with E-state index in [0.717, 1.165) is 7.11 Å². The van der Waals surface area contributed by atoms with Crippen LogP contribution in [-0.2, 0) is 9.53 Å². The van der Waals surface area contributed by atoms with Gasteiger partial charge in [-0.3, -0.25) is 19.7 Å². The highest BCUT2D eigenvalue weighted by atomic mass is 19.1. The van der Waals surface area contributed by atoms with Crippen LogP contribution in [0.3, 0.4) is 0 Å². The zero-order valence-corrected chi connectivity index (χ0v) is 11.2. The van der Waals surface area contributed by atoms with Crippen molar-refractivity contribution in [2.75, 3.05) is 20.2 Å². The van der Waals surface area contributed by atoms with Crippen molar-refractivity contribution in [1.82, 2.24) is 4.90 Å². The number of nitrogens with zero attached hydrogens (tertiary/aromatic N) is 3. The predicted molar refractivity (Wildman–Crippen MR) is 66.5 cm³/mol. The summed E-state index contributed by atoms with van der Waals surface area (Å²) in [4.78, 5) is 33.1. The van der Waals surface area contributed by atoms with Crippen LogP contribution in [0, 0.1) is 33.1 Å². The van der Waals surface area contributed by atoms with E-state index in [9.17, 15) is 28.5 Å². The van der Waals surface area contributed by atoms with Crippen molar-refractivity contribution < 1.29 is 28.0 Å². The van der Waals surface area contributed by atoms with E-state index in [0.29, 0.717) is 11.0 Å². The van der Waals surface area contributed by atoms with Crippen molar-refractivity contribution in [3.05, 3.63) is 39.4 Å². The molecule has 0 radical (unpaired) electrons. The lowest BCUT2D eigenvalue weighted by Gasteiger charge is -2.18. The fourth-order valence-corrected chi connectivity index (χ4v) is 1.52. The maximum absolute atomic E-state index is 13.7. The molecule has 0 saturated carbocycles. The maximum Gasteiger partial charge on any atom is 0.325 e. The van der Waals surface area contributed by atoms with Gasteiger partial charge in [0.15, 0.2) is 0 Å². The number of halogens is 2. The van der Waals surface area contributed by atoms with E-state index in [1.807, 2.05) is 0 Å². The molecule has 1 rings (SSSR count). The summed E-state index contributed by atoms with van der Waals surface area (Å²) in [5.74, 6) is -4.79. The number of nitro benzene ring substituents is 1. The predicted octanol–water partition coefficient (Wildman–Crippen LogP) is 1.01. The van der Waals surface area contributed by atoms with E-state index in [-0.39, 0.29) is 6.07 Å². The molecule has 1 amide bonds. The molecule has 0 aliphatic rings. The Morgan fingerprint density at radius 2 is 2.05 bits per heavy atom. The molecular weight excluding hydrogens is 304 g/mol. The van der Waals surface area contributed by atoms with Gasteiger partial charge in [-0.15, -0.1) is 0 Å². The molecule has 0 saturated heterocycles. The lowest BCUT2D eigenvalue weighted by atomic mass is 10.1. The quantitative estimate of drug-likeness (QED) is 0.347. The summed E-state index contributed by atoms with van der Waals surface area (Å²) in [7, 11) is 1.05. The molecule has 116 valence electrons. The molecule has 0 atom stereocenters. The Morgan fingerprint density at radius 3 is 2.55 bits per heavy atom. The Kier molecular flexibility index (Phi) is 5.45. The van der Waals surface area contributed by atoms with Crippen LogP contribution < -0.4 is 0 Å². The number of carbonyl (C=O) groups is 2. The first-order valence-electron chi connectivity index (χ1n) is 5.68. The molecule has 0 spiro atoms. The average Bonchev–Trinajstić information content (AvgIpc) is 2.47. The van der Waals surface area contributed by atoms with Crippen LogP contribution in [0.15, 0.2) is 12.1 Å². The van der Waals surface area contributed by atoms with Crippen molar-refractivity contribution >= 4 is 17.6 Å². The molecule has 8 nitrogen and oxygen atoms in total. The van der Waals surface area contributed by atoms with Crippen molar-refractivity contribution in [1.29, 1.82) is 5.26 Å². The Labute approximate surface area is 122 Å². The molecule has 0 bridgehead atoms. The van der Waals surface area contributed by atoms with Gasteiger partial charge in [-0.2, -0.15) is 9.65 Å². The third kappa shape index (κ3) is 3.72. The number of nitro groups is 1. The minimum atomic E-state index is -1.41. The summed E-state index contributed by atoms with van der Waals surface area (Å²) >= 11 is 0. The Morgan fingerprint density at radius 1 is 1.41 bits per heavy atom. The number of benzene rings is 1. The van der Waals surface area contributed by atoms with Crippen molar-refractivity contribution in [2.24, 2.45) is 0 Å². The number of ether oxygens (including phenoxy) is 1. The summed E-state index contributed by atoms with van der Waals surface area (Å²) in [5, 5.41) is 19.1. The summed E-state index contributed by atoms with van der Waals surface area (Å²) in [6, 6.07) is 2.18. The van der Waals surface area contributed by atoms with Gasteiger partial charge in [0.05, 0.1) is 29.7 Å². The fourth-order valence-electron chi connectivity index (χ4n) is 1.52. The standard InChI is InChI=1S/C12H9F2N3O5/c1-22-11(18)6-16(3-2-15)12(19)7-4-9(14)10(17(20)21)5-8(7)13/h4-5H,3,6H2,1H3. The van der Waals surface area contributed by atoms with Crippen LogP contribution in [-0.4, -0.2) is 41.9 Å².